The maximum absolute atomic E-state index is 11.6. The van der Waals surface area contributed by atoms with Gasteiger partial charge in [0.05, 0.1) is 17.6 Å². The Morgan fingerprint density at radius 3 is 2.64 bits per heavy atom. The molecule has 22 heavy (non-hydrogen) atoms. The van der Waals surface area contributed by atoms with E-state index >= 15 is 0 Å². The number of ether oxygens (including phenoxy) is 1. The first-order valence-corrected chi connectivity index (χ1v) is 6.99. The molecule has 0 aliphatic carbocycles. The van der Waals surface area contributed by atoms with Gasteiger partial charge in [0, 0.05) is 5.56 Å². The van der Waals surface area contributed by atoms with E-state index in [-0.39, 0.29) is 0 Å². The molecule has 2 aromatic rings. The van der Waals surface area contributed by atoms with E-state index in [1.165, 1.54) is 0 Å². The molecule has 0 spiro atoms. The lowest BCUT2D eigenvalue weighted by molar-refractivity contribution is -0.135. The van der Waals surface area contributed by atoms with Crippen LogP contribution in [-0.2, 0) is 15.7 Å². The molecule has 0 bridgehead atoms. The van der Waals surface area contributed by atoms with Crippen LogP contribution in [0.25, 0.3) is 0 Å². The monoisotopic (exact) mass is 315 g/mol. The Morgan fingerprint density at radius 1 is 1.27 bits per heavy atom. The third-order valence-corrected chi connectivity index (χ3v) is 3.42. The maximum atomic E-state index is 11.6. The van der Waals surface area contributed by atoms with Crippen molar-refractivity contribution in [3.63, 3.8) is 0 Å². The van der Waals surface area contributed by atoms with Crippen molar-refractivity contribution >= 4 is 17.8 Å². The molecule has 0 aliphatic heterocycles. The summed E-state index contributed by atoms with van der Waals surface area (Å²) in [5.41, 5.74) is 2.02. The van der Waals surface area contributed by atoms with Crippen molar-refractivity contribution in [1.29, 1.82) is 5.26 Å². The predicted octanol–water partition coefficient (Wildman–Crippen LogP) is 3.94. The van der Waals surface area contributed by atoms with Crippen LogP contribution in [0.2, 0.25) is 0 Å². The fraction of sp³-hybridized carbons (Fsp3) is 0.176. The van der Waals surface area contributed by atoms with Gasteiger partial charge in [-0.25, -0.2) is 4.79 Å². The molecular formula is C17H14ClNO3. The number of nitrogens with zero attached hydrogens (tertiary/aromatic N) is 1. The van der Waals surface area contributed by atoms with Crippen LogP contribution < -0.4 is 4.74 Å². The van der Waals surface area contributed by atoms with Crippen molar-refractivity contribution in [2.75, 3.05) is 0 Å². The standard InChI is InChI=1S/C17H14ClNO3/c1-12(17(20)22-18)15-9-14(10-19)7-8-16(15)21-11-13-5-3-2-4-6-13/h2-9,12H,11H2,1H3. The molecule has 0 amide bonds. The molecular weight excluding hydrogens is 302 g/mol. The van der Waals surface area contributed by atoms with Crippen LogP contribution in [0.4, 0.5) is 0 Å². The Labute approximate surface area is 134 Å². The van der Waals surface area contributed by atoms with Crippen molar-refractivity contribution in [2.24, 2.45) is 0 Å². The zero-order valence-electron chi connectivity index (χ0n) is 12.0. The fourth-order valence-corrected chi connectivity index (χ4v) is 2.15. The van der Waals surface area contributed by atoms with Crippen LogP contribution in [0.3, 0.4) is 0 Å². The summed E-state index contributed by atoms with van der Waals surface area (Å²) in [7, 11) is 0. The molecule has 0 radical (unpaired) electrons. The van der Waals surface area contributed by atoms with Crippen LogP contribution in [0.15, 0.2) is 48.5 Å². The number of benzene rings is 2. The summed E-state index contributed by atoms with van der Waals surface area (Å²) >= 11 is 5.14. The third kappa shape index (κ3) is 3.78. The van der Waals surface area contributed by atoms with Gasteiger partial charge in [0.15, 0.2) is 0 Å². The highest BCUT2D eigenvalue weighted by molar-refractivity contribution is 6.13. The van der Waals surface area contributed by atoms with E-state index in [0.29, 0.717) is 23.5 Å². The average molecular weight is 316 g/mol. The topological polar surface area (TPSA) is 59.3 Å². The SMILES string of the molecule is CC(C(=O)OCl)c1cc(C#N)ccc1OCc1ccccc1. The molecule has 2 aromatic carbocycles. The lowest BCUT2D eigenvalue weighted by Crippen LogP contribution is -2.11. The molecule has 0 heterocycles. The molecule has 1 unspecified atom stereocenters. The minimum atomic E-state index is -0.628. The van der Waals surface area contributed by atoms with E-state index < -0.39 is 11.9 Å². The number of hydrogen-bond donors (Lipinski definition) is 0. The Balaban J connectivity index is 2.26. The first-order chi connectivity index (χ1) is 10.7. The van der Waals surface area contributed by atoms with Crippen molar-refractivity contribution in [1.82, 2.24) is 0 Å². The number of nitriles is 1. The summed E-state index contributed by atoms with van der Waals surface area (Å²) in [5.74, 6) is -0.699. The summed E-state index contributed by atoms with van der Waals surface area (Å²) in [6, 6.07) is 16.6. The van der Waals surface area contributed by atoms with Gasteiger partial charge in [-0.05, 0) is 30.7 Å². The van der Waals surface area contributed by atoms with Gasteiger partial charge in [-0.3, -0.25) is 0 Å². The molecule has 0 aromatic heterocycles. The molecule has 4 nitrogen and oxygen atoms in total. The first-order valence-electron chi connectivity index (χ1n) is 6.69. The Hall–Kier alpha value is -2.51. The minimum absolute atomic E-state index is 0.363. The highest BCUT2D eigenvalue weighted by Gasteiger charge is 2.21. The van der Waals surface area contributed by atoms with Gasteiger partial charge in [-0.1, -0.05) is 30.3 Å². The largest absolute Gasteiger partial charge is 0.489 e. The van der Waals surface area contributed by atoms with Gasteiger partial charge in [-0.2, -0.15) is 5.26 Å². The second-order valence-corrected chi connectivity index (χ2v) is 4.91. The first kappa shape index (κ1) is 15.9. The summed E-state index contributed by atoms with van der Waals surface area (Å²) in [6.07, 6.45) is 0. The van der Waals surface area contributed by atoms with Crippen molar-refractivity contribution in [2.45, 2.75) is 19.4 Å². The highest BCUT2D eigenvalue weighted by Crippen LogP contribution is 2.29. The van der Waals surface area contributed by atoms with Crippen LogP contribution in [-0.4, -0.2) is 5.97 Å². The van der Waals surface area contributed by atoms with Crippen LogP contribution in [0.5, 0.6) is 5.75 Å². The zero-order valence-corrected chi connectivity index (χ0v) is 12.7. The minimum Gasteiger partial charge on any atom is -0.489 e. The third-order valence-electron chi connectivity index (χ3n) is 3.27. The van der Waals surface area contributed by atoms with E-state index in [1.807, 2.05) is 36.4 Å². The van der Waals surface area contributed by atoms with Crippen molar-refractivity contribution in [3.8, 4) is 11.8 Å². The molecule has 0 saturated carbocycles. The molecule has 5 heteroatoms. The average Bonchev–Trinajstić information content (AvgIpc) is 2.59. The van der Waals surface area contributed by atoms with Gasteiger partial charge in [0.1, 0.15) is 24.2 Å². The lowest BCUT2D eigenvalue weighted by Gasteiger charge is -2.15. The quantitative estimate of drug-likeness (QED) is 0.838. The summed E-state index contributed by atoms with van der Waals surface area (Å²) in [6.45, 7) is 2.01. The van der Waals surface area contributed by atoms with Crippen LogP contribution in [0.1, 0.15) is 29.5 Å². The van der Waals surface area contributed by atoms with Crippen molar-refractivity contribution < 1.29 is 13.8 Å². The van der Waals surface area contributed by atoms with E-state index in [2.05, 4.69) is 4.29 Å². The van der Waals surface area contributed by atoms with Gasteiger partial charge in [0.25, 0.3) is 0 Å². The van der Waals surface area contributed by atoms with Gasteiger partial charge >= 0.3 is 5.97 Å². The van der Waals surface area contributed by atoms with Crippen molar-refractivity contribution in [3.05, 3.63) is 65.2 Å². The molecule has 2 rings (SSSR count). The lowest BCUT2D eigenvalue weighted by atomic mass is 9.98. The number of carbonyl (C=O) groups is 1. The number of rotatable bonds is 5. The smallest absolute Gasteiger partial charge is 0.331 e. The van der Waals surface area contributed by atoms with E-state index in [1.54, 1.807) is 25.1 Å². The fourth-order valence-electron chi connectivity index (χ4n) is 2.02. The predicted molar refractivity (Wildman–Crippen MR) is 82.3 cm³/mol. The molecule has 1 atom stereocenters. The zero-order chi connectivity index (χ0) is 15.9. The molecule has 0 saturated heterocycles. The Bertz CT molecular complexity index is 695. The van der Waals surface area contributed by atoms with E-state index in [0.717, 1.165) is 5.56 Å². The van der Waals surface area contributed by atoms with Crippen LogP contribution in [0, 0.1) is 11.3 Å². The molecule has 0 aliphatic rings. The summed E-state index contributed by atoms with van der Waals surface area (Å²) < 4.78 is 10.0. The number of halogens is 1. The van der Waals surface area contributed by atoms with Gasteiger partial charge in [0.2, 0.25) is 0 Å². The number of hydrogen-bond acceptors (Lipinski definition) is 4. The highest BCUT2D eigenvalue weighted by atomic mass is 35.5. The van der Waals surface area contributed by atoms with Crippen LogP contribution >= 0.6 is 11.9 Å². The maximum Gasteiger partial charge on any atom is 0.331 e. The van der Waals surface area contributed by atoms with Gasteiger partial charge in [-0.15, -0.1) is 0 Å². The molecule has 0 fully saturated rings. The Kier molecular flexibility index (Phi) is 5.40. The normalized spacial score (nSPS) is 11.3. The molecule has 0 N–H and O–H groups in total. The van der Waals surface area contributed by atoms with Gasteiger partial charge < -0.3 is 9.03 Å². The second kappa shape index (κ2) is 7.48. The van der Waals surface area contributed by atoms with E-state index in [9.17, 15) is 4.79 Å². The number of carbonyl (C=O) groups excluding carboxylic acids is 1. The molecule has 112 valence electrons. The summed E-state index contributed by atoms with van der Waals surface area (Å²) in [5, 5.41) is 9.01. The Morgan fingerprint density at radius 2 is 2.00 bits per heavy atom. The second-order valence-electron chi connectivity index (χ2n) is 4.76. The van der Waals surface area contributed by atoms with E-state index in [4.69, 9.17) is 21.9 Å². The summed E-state index contributed by atoms with van der Waals surface area (Å²) in [4.78, 5) is 11.6.